The van der Waals surface area contributed by atoms with Crippen LogP contribution in [0, 0.1) is 0 Å². The number of thiophene rings is 1. The smallest absolute Gasteiger partial charge is 0.264 e. The first kappa shape index (κ1) is 19.2. The largest absolute Gasteiger partial charge is 0.375 e. The predicted octanol–water partition coefficient (Wildman–Crippen LogP) is 5.06. The summed E-state index contributed by atoms with van der Waals surface area (Å²) in [6, 6.07) is 15.5. The van der Waals surface area contributed by atoms with Gasteiger partial charge in [-0.1, -0.05) is 41.4 Å². The van der Waals surface area contributed by atoms with E-state index in [1.165, 1.54) is 16.2 Å². The molecule has 1 aromatic heterocycles. The quantitative estimate of drug-likeness (QED) is 0.574. The molecule has 1 aliphatic rings. The number of carbonyl (C=O) groups is 2. The molecule has 0 aliphatic carbocycles. The van der Waals surface area contributed by atoms with Gasteiger partial charge in [0.25, 0.3) is 5.91 Å². The second kappa shape index (κ2) is 7.33. The number of aliphatic hydroxyl groups is 1. The third-order valence-corrected chi connectivity index (χ3v) is 6.16. The zero-order valence-corrected chi connectivity index (χ0v) is 16.9. The molecule has 0 bridgehead atoms. The highest BCUT2D eigenvalue weighted by Gasteiger charge is 2.51. The fourth-order valence-electron chi connectivity index (χ4n) is 3.38. The van der Waals surface area contributed by atoms with E-state index in [1.54, 1.807) is 47.8 Å². The summed E-state index contributed by atoms with van der Waals surface area (Å²) in [6.07, 6.45) is -0.337. The summed E-state index contributed by atoms with van der Waals surface area (Å²) >= 11 is 13.3. The Kier molecular flexibility index (Phi) is 5.02. The lowest BCUT2D eigenvalue weighted by Gasteiger charge is -2.22. The van der Waals surface area contributed by atoms with Crippen LogP contribution in [0.4, 0.5) is 5.69 Å². The molecule has 1 N–H and O–H groups in total. The molecule has 0 saturated carbocycles. The van der Waals surface area contributed by atoms with Crippen LogP contribution in [0.5, 0.6) is 0 Å². The van der Waals surface area contributed by atoms with Gasteiger partial charge in [-0.15, -0.1) is 11.3 Å². The van der Waals surface area contributed by atoms with E-state index in [2.05, 4.69) is 0 Å². The summed E-state index contributed by atoms with van der Waals surface area (Å²) in [6.45, 7) is 0.250. The molecule has 1 atom stereocenters. The van der Waals surface area contributed by atoms with Crippen molar-refractivity contribution in [3.63, 3.8) is 0 Å². The number of carbonyl (C=O) groups excluding carboxylic acids is 2. The van der Waals surface area contributed by atoms with Crippen LogP contribution in [0.3, 0.4) is 0 Å². The third-order valence-electron chi connectivity index (χ3n) is 4.76. The van der Waals surface area contributed by atoms with Gasteiger partial charge in [0.15, 0.2) is 11.4 Å². The van der Waals surface area contributed by atoms with Gasteiger partial charge in [0, 0.05) is 15.6 Å². The van der Waals surface area contributed by atoms with Crippen LogP contribution in [0.15, 0.2) is 60.0 Å². The standard InChI is InChI=1S/C21H15Cl2NO3S/c22-14-5-3-13(4-6-14)12-24-17-8-7-15(23)10-16(17)21(27,20(24)26)11-18(25)19-2-1-9-28-19/h1-10,27H,11-12H2/t21-/m1/s1. The number of halogens is 2. The molecule has 3 aromatic rings. The van der Waals surface area contributed by atoms with Gasteiger partial charge in [-0.25, -0.2) is 0 Å². The van der Waals surface area contributed by atoms with Crippen LogP contribution in [0.2, 0.25) is 10.0 Å². The Morgan fingerprint density at radius 3 is 2.46 bits per heavy atom. The van der Waals surface area contributed by atoms with E-state index in [0.717, 1.165) is 5.56 Å². The molecule has 4 rings (SSSR count). The number of hydrogen-bond donors (Lipinski definition) is 1. The maximum atomic E-state index is 13.2. The summed E-state index contributed by atoms with van der Waals surface area (Å²) in [5.41, 5.74) is -0.199. The van der Waals surface area contributed by atoms with Crippen molar-refractivity contribution >= 4 is 51.9 Å². The van der Waals surface area contributed by atoms with E-state index >= 15 is 0 Å². The number of anilines is 1. The second-order valence-electron chi connectivity index (χ2n) is 6.62. The molecule has 0 spiro atoms. The van der Waals surface area contributed by atoms with Crippen LogP contribution < -0.4 is 4.90 Å². The first-order valence-corrected chi connectivity index (χ1v) is 10.2. The highest BCUT2D eigenvalue weighted by atomic mass is 35.5. The Hall–Kier alpha value is -2.18. The third kappa shape index (κ3) is 3.35. The fraction of sp³-hybridized carbons (Fsp3) is 0.143. The number of ketones is 1. The Morgan fingerprint density at radius 2 is 1.79 bits per heavy atom. The molecule has 2 aromatic carbocycles. The maximum Gasteiger partial charge on any atom is 0.264 e. The first-order chi connectivity index (χ1) is 13.4. The van der Waals surface area contributed by atoms with E-state index in [4.69, 9.17) is 23.2 Å². The maximum absolute atomic E-state index is 13.2. The fourth-order valence-corrected chi connectivity index (χ4v) is 4.34. The van der Waals surface area contributed by atoms with Crippen LogP contribution in [0.1, 0.15) is 27.2 Å². The minimum absolute atomic E-state index is 0.250. The summed E-state index contributed by atoms with van der Waals surface area (Å²) in [5, 5.41) is 14.1. The molecular formula is C21H15Cl2NO3S. The minimum Gasteiger partial charge on any atom is -0.375 e. The molecule has 0 radical (unpaired) electrons. The molecule has 4 nitrogen and oxygen atoms in total. The molecule has 7 heteroatoms. The van der Waals surface area contributed by atoms with E-state index in [-0.39, 0.29) is 18.7 Å². The first-order valence-electron chi connectivity index (χ1n) is 8.54. The van der Waals surface area contributed by atoms with Crippen molar-refractivity contribution in [3.05, 3.63) is 86.0 Å². The van der Waals surface area contributed by atoms with E-state index in [9.17, 15) is 14.7 Å². The average molecular weight is 432 g/mol. The van der Waals surface area contributed by atoms with Crippen LogP contribution in [0.25, 0.3) is 0 Å². The van der Waals surface area contributed by atoms with Crippen molar-refractivity contribution < 1.29 is 14.7 Å². The molecule has 0 fully saturated rings. The molecule has 2 heterocycles. The molecule has 1 amide bonds. The number of hydrogen-bond acceptors (Lipinski definition) is 4. The van der Waals surface area contributed by atoms with E-state index in [1.807, 2.05) is 12.1 Å². The van der Waals surface area contributed by atoms with Crippen molar-refractivity contribution in [1.82, 2.24) is 0 Å². The van der Waals surface area contributed by atoms with Gasteiger partial charge in [0.2, 0.25) is 0 Å². The van der Waals surface area contributed by atoms with Gasteiger partial charge in [-0.05, 0) is 47.3 Å². The Balaban J connectivity index is 1.72. The lowest BCUT2D eigenvalue weighted by Crippen LogP contribution is -2.41. The van der Waals surface area contributed by atoms with Crippen molar-refractivity contribution in [3.8, 4) is 0 Å². The van der Waals surface area contributed by atoms with Gasteiger partial charge in [-0.3, -0.25) is 9.59 Å². The number of rotatable bonds is 5. The topological polar surface area (TPSA) is 57.6 Å². The van der Waals surface area contributed by atoms with Crippen molar-refractivity contribution in [2.24, 2.45) is 0 Å². The van der Waals surface area contributed by atoms with E-state index < -0.39 is 11.5 Å². The molecule has 142 valence electrons. The summed E-state index contributed by atoms with van der Waals surface area (Å²) < 4.78 is 0. The molecular weight excluding hydrogens is 417 g/mol. The van der Waals surface area contributed by atoms with Crippen LogP contribution in [-0.2, 0) is 16.9 Å². The Morgan fingerprint density at radius 1 is 1.07 bits per heavy atom. The Labute approximate surface area is 175 Å². The number of fused-ring (bicyclic) bond motifs is 1. The van der Waals surface area contributed by atoms with Crippen molar-refractivity contribution in [2.75, 3.05) is 4.90 Å². The number of amides is 1. The SMILES string of the molecule is O=C(C[C@]1(O)C(=O)N(Cc2ccc(Cl)cc2)c2ccc(Cl)cc21)c1cccs1. The van der Waals surface area contributed by atoms with Gasteiger partial charge in [0.1, 0.15) is 0 Å². The molecule has 0 unspecified atom stereocenters. The zero-order chi connectivity index (χ0) is 19.9. The molecule has 1 aliphatic heterocycles. The summed E-state index contributed by atoms with van der Waals surface area (Å²) in [4.78, 5) is 27.9. The van der Waals surface area contributed by atoms with Crippen LogP contribution >= 0.6 is 34.5 Å². The van der Waals surface area contributed by atoms with E-state index in [0.29, 0.717) is 26.2 Å². The summed E-state index contributed by atoms with van der Waals surface area (Å²) in [5.74, 6) is -0.824. The number of benzene rings is 2. The van der Waals surface area contributed by atoms with Gasteiger partial charge < -0.3 is 10.0 Å². The average Bonchev–Trinajstić information content (AvgIpc) is 3.27. The highest BCUT2D eigenvalue weighted by molar-refractivity contribution is 7.12. The lowest BCUT2D eigenvalue weighted by atomic mass is 9.89. The monoisotopic (exact) mass is 431 g/mol. The van der Waals surface area contributed by atoms with Crippen molar-refractivity contribution in [1.29, 1.82) is 0 Å². The minimum atomic E-state index is -1.95. The second-order valence-corrected chi connectivity index (χ2v) is 8.44. The van der Waals surface area contributed by atoms with Crippen molar-refractivity contribution in [2.45, 2.75) is 18.6 Å². The number of Topliss-reactive ketones (excluding diaryl/α,β-unsaturated/α-hetero) is 1. The number of nitrogens with zero attached hydrogens (tertiary/aromatic N) is 1. The van der Waals surface area contributed by atoms with Gasteiger partial charge in [-0.2, -0.15) is 0 Å². The predicted molar refractivity (Wildman–Crippen MR) is 111 cm³/mol. The molecule has 0 saturated heterocycles. The normalized spacial score (nSPS) is 18.4. The highest BCUT2D eigenvalue weighted by Crippen LogP contribution is 2.45. The van der Waals surface area contributed by atoms with Gasteiger partial charge in [0.05, 0.1) is 23.5 Å². The zero-order valence-electron chi connectivity index (χ0n) is 14.6. The lowest BCUT2D eigenvalue weighted by molar-refractivity contribution is -0.136. The summed E-state index contributed by atoms with van der Waals surface area (Å²) in [7, 11) is 0. The Bertz CT molecular complexity index is 1050. The van der Waals surface area contributed by atoms with Gasteiger partial charge >= 0.3 is 0 Å². The van der Waals surface area contributed by atoms with Crippen LogP contribution in [-0.4, -0.2) is 16.8 Å². The molecule has 28 heavy (non-hydrogen) atoms.